The summed E-state index contributed by atoms with van der Waals surface area (Å²) in [4.78, 5) is 11.4. The van der Waals surface area contributed by atoms with E-state index in [0.717, 1.165) is 24.3 Å². The quantitative estimate of drug-likeness (QED) is 0.697. The molecule has 1 saturated heterocycles. The van der Waals surface area contributed by atoms with Crippen molar-refractivity contribution in [3.8, 4) is 0 Å². The zero-order valence-electron chi connectivity index (χ0n) is 8.17. The van der Waals surface area contributed by atoms with Gasteiger partial charge in [0.05, 0.1) is 0 Å². The summed E-state index contributed by atoms with van der Waals surface area (Å²) in [6.45, 7) is 3.03. The van der Waals surface area contributed by atoms with Crippen LogP contribution >= 0.6 is 11.8 Å². The minimum Gasteiger partial charge on any atom is -0.381 e. The number of hydrogen-bond acceptors (Lipinski definition) is 3. The lowest BCUT2D eigenvalue weighted by molar-refractivity contribution is -0.137. The third-order valence-electron chi connectivity index (χ3n) is 2.11. The van der Waals surface area contributed by atoms with Gasteiger partial charge in [-0.1, -0.05) is 0 Å². The van der Waals surface area contributed by atoms with Crippen LogP contribution in [0.25, 0.3) is 0 Å². The third-order valence-corrected chi connectivity index (χ3v) is 3.16. The highest BCUT2D eigenvalue weighted by atomic mass is 32.2. The molecule has 1 aliphatic rings. The van der Waals surface area contributed by atoms with Gasteiger partial charge in [0.15, 0.2) is 0 Å². The predicted octanol–water partition coefficient (Wildman–Crippen LogP) is 0.769. The lowest BCUT2D eigenvalue weighted by Gasteiger charge is -2.26. The molecule has 0 aliphatic carbocycles. The number of hydrogen-bond donors (Lipinski definition) is 2. The van der Waals surface area contributed by atoms with Crippen LogP contribution in [0.3, 0.4) is 0 Å². The van der Waals surface area contributed by atoms with Crippen molar-refractivity contribution >= 4 is 17.7 Å². The molecule has 1 rings (SSSR count). The molecule has 76 valence electrons. The van der Waals surface area contributed by atoms with Crippen molar-refractivity contribution in [2.45, 2.75) is 38.3 Å². The monoisotopic (exact) mass is 203 g/mol. The highest BCUT2D eigenvalue weighted by Gasteiger charge is 2.26. The molecule has 1 fully saturated rings. The number of thioether (sulfide) groups is 1. The van der Waals surface area contributed by atoms with Crippen LogP contribution in [-0.4, -0.2) is 34.2 Å². The highest BCUT2D eigenvalue weighted by Crippen LogP contribution is 2.17. The molecule has 13 heavy (non-hydrogen) atoms. The third kappa shape index (κ3) is 3.56. The summed E-state index contributed by atoms with van der Waals surface area (Å²) >= 11 is 1.92. The molecule has 4 heteroatoms. The van der Waals surface area contributed by atoms with Crippen LogP contribution in [0.1, 0.15) is 26.7 Å². The molecule has 1 heterocycles. The number of amides is 1. The predicted molar refractivity (Wildman–Crippen MR) is 54.8 cm³/mol. The van der Waals surface area contributed by atoms with E-state index in [1.165, 1.54) is 13.8 Å². The van der Waals surface area contributed by atoms with Crippen molar-refractivity contribution in [2.75, 3.05) is 11.5 Å². The fourth-order valence-electron chi connectivity index (χ4n) is 1.20. The number of nitrogens with one attached hydrogen (secondary N) is 1. The number of carbonyl (C=O) groups is 1. The molecule has 1 amide bonds. The Kier molecular flexibility index (Phi) is 3.62. The minimum atomic E-state index is -1.25. The zero-order valence-corrected chi connectivity index (χ0v) is 8.99. The molecule has 1 aliphatic heterocycles. The second-order valence-corrected chi connectivity index (χ2v) is 5.14. The topological polar surface area (TPSA) is 49.3 Å². The summed E-state index contributed by atoms with van der Waals surface area (Å²) in [7, 11) is 0. The molecule has 2 N–H and O–H groups in total. The molecule has 0 atom stereocenters. The molecule has 0 unspecified atom stereocenters. The summed E-state index contributed by atoms with van der Waals surface area (Å²) in [6.07, 6.45) is 2.04. The first kappa shape index (κ1) is 10.9. The number of rotatable bonds is 2. The van der Waals surface area contributed by atoms with Gasteiger partial charge < -0.3 is 10.4 Å². The van der Waals surface area contributed by atoms with Crippen molar-refractivity contribution in [3.05, 3.63) is 0 Å². The Hall–Kier alpha value is -0.220. The van der Waals surface area contributed by atoms with Crippen LogP contribution in [0, 0.1) is 0 Å². The van der Waals surface area contributed by atoms with Gasteiger partial charge in [0.1, 0.15) is 5.60 Å². The normalized spacial score (nSPS) is 19.9. The molecule has 0 bridgehead atoms. The maximum absolute atomic E-state index is 11.4. The standard InChI is InChI=1S/C9H17NO2S/c1-9(2,12)8(11)10-7-3-5-13-6-4-7/h7,12H,3-6H2,1-2H3,(H,10,11). The molecular weight excluding hydrogens is 186 g/mol. The van der Waals surface area contributed by atoms with Crippen molar-refractivity contribution in [1.29, 1.82) is 0 Å². The van der Waals surface area contributed by atoms with Gasteiger partial charge in [-0.25, -0.2) is 0 Å². The Balaban J connectivity index is 2.35. The molecule has 0 spiro atoms. The Morgan fingerprint density at radius 2 is 2.00 bits per heavy atom. The SMILES string of the molecule is CC(C)(O)C(=O)NC1CCSCC1. The second-order valence-electron chi connectivity index (χ2n) is 3.92. The van der Waals surface area contributed by atoms with Crippen LogP contribution in [0.15, 0.2) is 0 Å². The maximum atomic E-state index is 11.4. The van der Waals surface area contributed by atoms with E-state index in [9.17, 15) is 9.90 Å². The van der Waals surface area contributed by atoms with Gasteiger partial charge in [-0.2, -0.15) is 11.8 Å². The Bertz CT molecular complexity index is 183. The van der Waals surface area contributed by atoms with Crippen molar-refractivity contribution < 1.29 is 9.90 Å². The first-order valence-electron chi connectivity index (χ1n) is 4.61. The first-order valence-corrected chi connectivity index (χ1v) is 5.76. The molecule has 3 nitrogen and oxygen atoms in total. The highest BCUT2D eigenvalue weighted by molar-refractivity contribution is 7.99. The summed E-state index contributed by atoms with van der Waals surface area (Å²) in [5.41, 5.74) is -1.25. The lowest BCUT2D eigenvalue weighted by Crippen LogP contribution is -2.47. The van der Waals surface area contributed by atoms with E-state index in [2.05, 4.69) is 5.32 Å². The Labute approximate surface area is 83.3 Å². The molecule has 0 aromatic heterocycles. The van der Waals surface area contributed by atoms with E-state index in [0.29, 0.717) is 0 Å². The largest absolute Gasteiger partial charge is 0.381 e. The zero-order chi connectivity index (χ0) is 9.90. The average Bonchev–Trinajstić information content (AvgIpc) is 2.04. The summed E-state index contributed by atoms with van der Waals surface area (Å²) in [6, 6.07) is 0.264. The Morgan fingerprint density at radius 1 is 1.46 bits per heavy atom. The minimum absolute atomic E-state index is 0.260. The summed E-state index contributed by atoms with van der Waals surface area (Å²) < 4.78 is 0. The van der Waals surface area contributed by atoms with E-state index in [1.54, 1.807) is 0 Å². The van der Waals surface area contributed by atoms with E-state index in [-0.39, 0.29) is 11.9 Å². The van der Waals surface area contributed by atoms with Crippen LogP contribution in [0.5, 0.6) is 0 Å². The van der Waals surface area contributed by atoms with Gasteiger partial charge in [-0.15, -0.1) is 0 Å². The molecule has 0 aromatic rings. The van der Waals surface area contributed by atoms with Gasteiger partial charge >= 0.3 is 0 Å². The van der Waals surface area contributed by atoms with Crippen LogP contribution < -0.4 is 5.32 Å². The molecule has 0 radical (unpaired) electrons. The van der Waals surface area contributed by atoms with Crippen LogP contribution in [-0.2, 0) is 4.79 Å². The Morgan fingerprint density at radius 3 is 2.46 bits per heavy atom. The van der Waals surface area contributed by atoms with Gasteiger partial charge in [0.25, 0.3) is 5.91 Å². The van der Waals surface area contributed by atoms with Crippen molar-refractivity contribution in [3.63, 3.8) is 0 Å². The van der Waals surface area contributed by atoms with E-state index in [4.69, 9.17) is 0 Å². The van der Waals surface area contributed by atoms with Gasteiger partial charge in [0, 0.05) is 6.04 Å². The fraction of sp³-hybridized carbons (Fsp3) is 0.889. The lowest BCUT2D eigenvalue weighted by atomic mass is 10.1. The summed E-state index contributed by atoms with van der Waals surface area (Å²) in [5, 5.41) is 12.3. The smallest absolute Gasteiger partial charge is 0.251 e. The first-order chi connectivity index (χ1) is 6.00. The van der Waals surface area contributed by atoms with E-state index < -0.39 is 5.60 Å². The second kappa shape index (κ2) is 4.33. The van der Waals surface area contributed by atoms with Gasteiger partial charge in [-0.05, 0) is 38.2 Å². The summed E-state index contributed by atoms with van der Waals surface area (Å²) in [5.74, 6) is 1.96. The van der Waals surface area contributed by atoms with Crippen LogP contribution in [0.2, 0.25) is 0 Å². The van der Waals surface area contributed by atoms with E-state index in [1.807, 2.05) is 11.8 Å². The number of carbonyl (C=O) groups excluding carboxylic acids is 1. The molecular formula is C9H17NO2S. The maximum Gasteiger partial charge on any atom is 0.251 e. The van der Waals surface area contributed by atoms with Crippen molar-refractivity contribution in [1.82, 2.24) is 5.32 Å². The fourth-order valence-corrected chi connectivity index (χ4v) is 2.31. The van der Waals surface area contributed by atoms with Gasteiger partial charge in [0.2, 0.25) is 0 Å². The number of aliphatic hydroxyl groups is 1. The van der Waals surface area contributed by atoms with Crippen LogP contribution in [0.4, 0.5) is 0 Å². The molecule has 0 aromatic carbocycles. The molecule has 0 saturated carbocycles. The van der Waals surface area contributed by atoms with Crippen molar-refractivity contribution in [2.24, 2.45) is 0 Å². The van der Waals surface area contributed by atoms with E-state index >= 15 is 0 Å². The average molecular weight is 203 g/mol. The van der Waals surface area contributed by atoms with Gasteiger partial charge in [-0.3, -0.25) is 4.79 Å².